The topological polar surface area (TPSA) is 115 Å². The molecular weight excluding hydrogens is 462 g/mol. The van der Waals surface area contributed by atoms with E-state index in [0.29, 0.717) is 41.2 Å². The van der Waals surface area contributed by atoms with E-state index in [-0.39, 0.29) is 5.41 Å². The summed E-state index contributed by atoms with van der Waals surface area (Å²) >= 11 is 0. The number of carbonyl (C=O) groups is 2. The molecule has 3 fully saturated rings. The second kappa shape index (κ2) is 10.8. The number of nitrogens with one attached hydrogen (secondary N) is 1. The largest absolute Gasteiger partial charge is 0.330 e. The molecule has 6 aliphatic carbocycles. The van der Waals surface area contributed by atoms with E-state index in [1.165, 1.54) is 43.3 Å². The van der Waals surface area contributed by atoms with Crippen molar-refractivity contribution in [3.05, 3.63) is 40.8 Å². The molecular formula is C30H43N5O2. The molecule has 37 heavy (non-hydrogen) atoms. The van der Waals surface area contributed by atoms with Gasteiger partial charge in [-0.1, -0.05) is 60.9 Å². The fourth-order valence-electron chi connectivity index (χ4n) is 7.56. The molecule has 200 valence electrons. The molecule has 1 aromatic rings. The standard InChI is InChI=1S/C12H19N5.2C9H12O/c1-2-8-3-9-5-12(7-13,10(9)4-8)6-11-14-16-17-15-11;2*1-2-6-3-7-5-9(10)8(7)4-6/h4,9-10H,2-3,5-7,13H2,1H3,(H,14,15,16,17);2*4,7-8H,2-3,5H2,1H3/t9-,10-,12-;2*7-,8-/m110/s1. The van der Waals surface area contributed by atoms with Gasteiger partial charge in [-0.25, -0.2) is 0 Å². The van der Waals surface area contributed by atoms with Crippen LogP contribution in [-0.2, 0) is 16.0 Å². The quantitative estimate of drug-likeness (QED) is 0.530. The number of nitrogens with zero attached hydrogens (tertiary/aromatic N) is 3. The number of aromatic amines is 1. The molecule has 6 aliphatic rings. The van der Waals surface area contributed by atoms with Gasteiger partial charge in [-0.3, -0.25) is 9.59 Å². The highest BCUT2D eigenvalue weighted by Crippen LogP contribution is 2.59. The SMILES string of the molecule is CCC1=C[C@@H]2C(=O)C[C@@H]2C1.CCC1=C[C@@H]2[C@H](C1)C[C@]2(CN)Cc1nn[nH]n1.CCC1=C[C@H]2C(=O)C[C@H]2C1. The molecule has 7 heteroatoms. The number of Topliss-reactive ketones (excluding diaryl/α,β-unsaturated/α-hetero) is 2. The molecule has 0 aromatic carbocycles. The molecule has 7 nitrogen and oxygen atoms in total. The van der Waals surface area contributed by atoms with Crippen molar-refractivity contribution in [3.8, 4) is 0 Å². The van der Waals surface area contributed by atoms with E-state index >= 15 is 0 Å². The van der Waals surface area contributed by atoms with Crippen LogP contribution in [0.1, 0.15) is 84.4 Å². The molecule has 3 saturated carbocycles. The summed E-state index contributed by atoms with van der Waals surface area (Å²) in [5.41, 5.74) is 10.8. The Hall–Kier alpha value is -2.41. The zero-order valence-corrected chi connectivity index (χ0v) is 22.7. The Morgan fingerprint density at radius 3 is 1.81 bits per heavy atom. The molecule has 0 spiro atoms. The molecule has 0 bridgehead atoms. The van der Waals surface area contributed by atoms with Gasteiger partial charge in [0.05, 0.1) is 0 Å². The average Bonchev–Trinajstić information content (AvgIpc) is 3.67. The highest BCUT2D eigenvalue weighted by molar-refractivity contribution is 5.90. The predicted molar refractivity (Wildman–Crippen MR) is 143 cm³/mol. The van der Waals surface area contributed by atoms with Gasteiger partial charge in [0.2, 0.25) is 0 Å². The second-order valence-electron chi connectivity index (χ2n) is 12.1. The van der Waals surface area contributed by atoms with Crippen LogP contribution in [0.15, 0.2) is 34.9 Å². The minimum atomic E-state index is 0.186. The number of rotatable bonds is 6. The number of aromatic nitrogens is 4. The number of H-pyrrole nitrogens is 1. The lowest BCUT2D eigenvalue weighted by Crippen LogP contribution is -2.51. The van der Waals surface area contributed by atoms with Crippen LogP contribution in [-0.4, -0.2) is 38.7 Å². The normalized spacial score (nSPS) is 36.2. The van der Waals surface area contributed by atoms with Crippen LogP contribution in [0.5, 0.6) is 0 Å². The van der Waals surface area contributed by atoms with Crippen molar-refractivity contribution in [1.82, 2.24) is 20.6 Å². The van der Waals surface area contributed by atoms with Gasteiger partial charge in [0, 0.05) is 31.1 Å². The van der Waals surface area contributed by atoms with Crippen LogP contribution in [0.25, 0.3) is 0 Å². The fraction of sp³-hybridized carbons (Fsp3) is 0.700. The van der Waals surface area contributed by atoms with Crippen LogP contribution in [0.2, 0.25) is 0 Å². The highest BCUT2D eigenvalue weighted by Gasteiger charge is 2.54. The van der Waals surface area contributed by atoms with Gasteiger partial charge in [-0.05, 0) is 80.6 Å². The molecule has 0 saturated heterocycles. The van der Waals surface area contributed by atoms with Gasteiger partial charge in [0.1, 0.15) is 11.6 Å². The van der Waals surface area contributed by atoms with E-state index in [0.717, 1.165) is 50.4 Å². The number of allylic oxidation sites excluding steroid dienone is 6. The molecule has 7 atom stereocenters. The molecule has 1 aromatic heterocycles. The lowest BCUT2D eigenvalue weighted by atomic mass is 9.53. The van der Waals surface area contributed by atoms with Gasteiger partial charge >= 0.3 is 0 Å². The van der Waals surface area contributed by atoms with Gasteiger partial charge in [0.25, 0.3) is 0 Å². The van der Waals surface area contributed by atoms with Crippen LogP contribution < -0.4 is 5.73 Å². The molecule has 3 N–H and O–H groups in total. The number of hydrogen-bond donors (Lipinski definition) is 2. The van der Waals surface area contributed by atoms with Crippen molar-refractivity contribution < 1.29 is 9.59 Å². The van der Waals surface area contributed by atoms with E-state index < -0.39 is 0 Å². The summed E-state index contributed by atoms with van der Waals surface area (Å²) < 4.78 is 0. The maximum atomic E-state index is 10.9. The predicted octanol–water partition coefficient (Wildman–Crippen LogP) is 4.93. The lowest BCUT2D eigenvalue weighted by molar-refractivity contribution is -0.131. The van der Waals surface area contributed by atoms with Crippen LogP contribution >= 0.6 is 0 Å². The van der Waals surface area contributed by atoms with Crippen molar-refractivity contribution in [3.63, 3.8) is 0 Å². The molecule has 0 unspecified atom stereocenters. The summed E-state index contributed by atoms with van der Waals surface area (Å²) in [5, 5.41) is 14.3. The van der Waals surface area contributed by atoms with E-state index in [4.69, 9.17) is 5.73 Å². The Bertz CT molecular complexity index is 1060. The first-order valence-electron chi connectivity index (χ1n) is 14.5. The molecule has 1 heterocycles. The zero-order chi connectivity index (χ0) is 26.2. The van der Waals surface area contributed by atoms with Crippen molar-refractivity contribution >= 4 is 11.6 Å². The minimum Gasteiger partial charge on any atom is -0.330 e. The number of hydrogen-bond acceptors (Lipinski definition) is 6. The molecule has 0 amide bonds. The smallest absolute Gasteiger partial charge is 0.175 e. The lowest BCUT2D eigenvalue weighted by Gasteiger charge is -2.51. The summed E-state index contributed by atoms with van der Waals surface area (Å²) in [6, 6.07) is 0. The van der Waals surface area contributed by atoms with E-state index in [1.54, 1.807) is 5.57 Å². The number of carbonyl (C=O) groups excluding carboxylic acids is 2. The highest BCUT2D eigenvalue weighted by atomic mass is 16.1. The Morgan fingerprint density at radius 2 is 1.38 bits per heavy atom. The second-order valence-corrected chi connectivity index (χ2v) is 12.1. The first-order valence-corrected chi connectivity index (χ1v) is 14.5. The Morgan fingerprint density at radius 1 is 0.838 bits per heavy atom. The summed E-state index contributed by atoms with van der Waals surface area (Å²) in [6.45, 7) is 7.29. The van der Waals surface area contributed by atoms with E-state index in [9.17, 15) is 9.59 Å². The Kier molecular flexibility index (Phi) is 7.62. The third-order valence-electron chi connectivity index (χ3n) is 10.1. The number of nitrogens with two attached hydrogens (primary N) is 1. The Labute approximate surface area is 220 Å². The monoisotopic (exact) mass is 505 g/mol. The van der Waals surface area contributed by atoms with Gasteiger partial charge in [0.15, 0.2) is 5.82 Å². The number of fused-ring (bicyclic) bond motifs is 3. The van der Waals surface area contributed by atoms with Crippen molar-refractivity contribution in [2.75, 3.05) is 6.54 Å². The van der Waals surface area contributed by atoms with Crippen LogP contribution in [0.3, 0.4) is 0 Å². The summed E-state index contributed by atoms with van der Waals surface area (Å²) in [7, 11) is 0. The molecule has 7 rings (SSSR count). The molecule has 0 radical (unpaired) electrons. The minimum absolute atomic E-state index is 0.186. The van der Waals surface area contributed by atoms with Crippen molar-refractivity contribution in [2.24, 2.45) is 46.7 Å². The first-order chi connectivity index (χ1) is 17.9. The fourth-order valence-corrected chi connectivity index (χ4v) is 7.56. The first kappa shape index (κ1) is 26.2. The average molecular weight is 506 g/mol. The molecule has 0 aliphatic heterocycles. The summed E-state index contributed by atoms with van der Waals surface area (Å²) in [4.78, 5) is 21.9. The summed E-state index contributed by atoms with van der Waals surface area (Å²) in [6.07, 6.45) is 17.7. The number of ketones is 2. The maximum Gasteiger partial charge on any atom is 0.175 e. The van der Waals surface area contributed by atoms with Gasteiger partial charge in [-0.2, -0.15) is 5.21 Å². The van der Waals surface area contributed by atoms with Crippen molar-refractivity contribution in [2.45, 2.75) is 85.0 Å². The maximum absolute atomic E-state index is 10.9. The third-order valence-corrected chi connectivity index (χ3v) is 10.1. The van der Waals surface area contributed by atoms with Crippen LogP contribution in [0, 0.1) is 40.9 Å². The Balaban J connectivity index is 0.000000121. The number of tetrazole rings is 1. The zero-order valence-electron chi connectivity index (χ0n) is 22.7. The summed E-state index contributed by atoms with van der Waals surface area (Å²) in [5.74, 6) is 5.30. The van der Waals surface area contributed by atoms with Crippen LogP contribution in [0.4, 0.5) is 0 Å². The van der Waals surface area contributed by atoms with E-state index in [2.05, 4.69) is 59.6 Å². The van der Waals surface area contributed by atoms with Gasteiger partial charge < -0.3 is 5.73 Å². The van der Waals surface area contributed by atoms with Gasteiger partial charge in [-0.15, -0.1) is 10.2 Å². The van der Waals surface area contributed by atoms with Crippen molar-refractivity contribution in [1.29, 1.82) is 0 Å². The third kappa shape index (κ3) is 5.04. The van der Waals surface area contributed by atoms with E-state index in [1.807, 2.05) is 0 Å².